The van der Waals surface area contributed by atoms with Crippen LogP contribution < -0.4 is 4.72 Å². The first-order chi connectivity index (χ1) is 11.0. The van der Waals surface area contributed by atoms with Gasteiger partial charge >= 0.3 is 6.18 Å². The summed E-state index contributed by atoms with van der Waals surface area (Å²) in [6, 6.07) is 7.39. The van der Waals surface area contributed by atoms with Gasteiger partial charge in [-0.3, -0.25) is 4.72 Å². The molecule has 0 aliphatic rings. The zero-order valence-corrected chi connectivity index (χ0v) is 13.7. The number of rotatable bonds is 4. The van der Waals surface area contributed by atoms with Crippen molar-refractivity contribution < 1.29 is 26.0 Å². The largest absolute Gasteiger partial charge is 0.416 e. The molecular weight excluding hydrogens is 346 g/mol. The fourth-order valence-electron chi connectivity index (χ4n) is 2.02. The highest BCUT2D eigenvalue weighted by molar-refractivity contribution is 7.92. The van der Waals surface area contributed by atoms with Crippen molar-refractivity contribution in [1.82, 2.24) is 0 Å². The summed E-state index contributed by atoms with van der Waals surface area (Å²) in [7, 11) is -4.20. The van der Waals surface area contributed by atoms with Gasteiger partial charge in [0.05, 0.1) is 16.1 Å². The molecule has 0 heterocycles. The van der Waals surface area contributed by atoms with E-state index in [-0.39, 0.29) is 10.8 Å². The summed E-state index contributed by atoms with van der Waals surface area (Å²) in [4.78, 5) is -0.163. The molecule has 24 heavy (non-hydrogen) atoms. The Labute approximate surface area is 137 Å². The van der Waals surface area contributed by atoms with E-state index < -0.39 is 33.3 Å². The van der Waals surface area contributed by atoms with Crippen molar-refractivity contribution in [3.63, 3.8) is 0 Å². The number of hydrogen-bond donors (Lipinski definition) is 1. The minimum absolute atomic E-state index is 0.163. The molecule has 0 aromatic heterocycles. The van der Waals surface area contributed by atoms with Crippen molar-refractivity contribution in [2.75, 3.05) is 4.72 Å². The molecule has 0 atom stereocenters. The summed E-state index contributed by atoms with van der Waals surface area (Å²) in [5.74, 6) is -0.902. The first-order valence-corrected chi connectivity index (χ1v) is 8.48. The van der Waals surface area contributed by atoms with E-state index in [0.29, 0.717) is 18.2 Å². The Hall–Kier alpha value is -2.09. The normalized spacial score (nSPS) is 12.5. The van der Waals surface area contributed by atoms with E-state index in [0.717, 1.165) is 5.56 Å². The fraction of sp³-hybridized carbons (Fsp3) is 0.250. The third-order valence-electron chi connectivity index (χ3n) is 3.40. The summed E-state index contributed by atoms with van der Waals surface area (Å²) in [6.45, 7) is 3.86. The predicted octanol–water partition coefficient (Wildman–Crippen LogP) is 4.77. The Morgan fingerprint density at radius 3 is 2.08 bits per heavy atom. The third-order valence-corrected chi connectivity index (χ3v) is 4.78. The van der Waals surface area contributed by atoms with Gasteiger partial charge in [-0.25, -0.2) is 12.8 Å². The summed E-state index contributed by atoms with van der Waals surface area (Å²) in [6.07, 6.45) is -4.70. The van der Waals surface area contributed by atoms with E-state index in [1.165, 1.54) is 12.1 Å². The second-order valence-corrected chi connectivity index (χ2v) is 7.20. The Bertz CT molecular complexity index is 828. The summed E-state index contributed by atoms with van der Waals surface area (Å²) in [5.41, 5.74) is -0.992. The second-order valence-electron chi connectivity index (χ2n) is 5.52. The van der Waals surface area contributed by atoms with E-state index in [4.69, 9.17) is 0 Å². The first-order valence-electron chi connectivity index (χ1n) is 7.00. The van der Waals surface area contributed by atoms with Gasteiger partial charge in [0.15, 0.2) is 0 Å². The van der Waals surface area contributed by atoms with Crippen LogP contribution in [0.2, 0.25) is 0 Å². The first kappa shape index (κ1) is 18.3. The van der Waals surface area contributed by atoms with Gasteiger partial charge in [0.2, 0.25) is 0 Å². The van der Waals surface area contributed by atoms with Crippen LogP contribution in [-0.4, -0.2) is 8.42 Å². The molecule has 0 bridgehead atoms. The zero-order chi connectivity index (χ0) is 18.1. The predicted molar refractivity (Wildman–Crippen MR) is 82.7 cm³/mol. The van der Waals surface area contributed by atoms with Gasteiger partial charge in [-0.15, -0.1) is 0 Å². The molecule has 3 nitrogen and oxygen atoms in total. The van der Waals surface area contributed by atoms with Crippen LogP contribution in [0.3, 0.4) is 0 Å². The lowest BCUT2D eigenvalue weighted by atomic mass is 10.0. The highest BCUT2D eigenvalue weighted by Crippen LogP contribution is 2.32. The monoisotopic (exact) mass is 361 g/mol. The number of sulfonamides is 1. The fourth-order valence-corrected chi connectivity index (χ4v) is 3.07. The Balaban J connectivity index is 2.35. The van der Waals surface area contributed by atoms with E-state index in [2.05, 4.69) is 0 Å². The lowest BCUT2D eigenvalue weighted by Gasteiger charge is -2.13. The molecular formula is C16H15F4NO2S. The van der Waals surface area contributed by atoms with Crippen LogP contribution in [0.1, 0.15) is 30.9 Å². The van der Waals surface area contributed by atoms with Gasteiger partial charge in [0, 0.05) is 0 Å². The lowest BCUT2D eigenvalue weighted by Crippen LogP contribution is -2.15. The molecule has 2 aromatic rings. The molecule has 2 aromatic carbocycles. The van der Waals surface area contributed by atoms with Crippen molar-refractivity contribution in [3.05, 3.63) is 59.4 Å². The van der Waals surface area contributed by atoms with Gasteiger partial charge in [0.25, 0.3) is 10.0 Å². The van der Waals surface area contributed by atoms with Crippen LogP contribution in [0, 0.1) is 5.82 Å². The average molecular weight is 361 g/mol. The van der Waals surface area contributed by atoms with Crippen molar-refractivity contribution in [1.29, 1.82) is 0 Å². The summed E-state index contributed by atoms with van der Waals surface area (Å²) >= 11 is 0. The highest BCUT2D eigenvalue weighted by Gasteiger charge is 2.31. The lowest BCUT2D eigenvalue weighted by molar-refractivity contribution is -0.137. The Morgan fingerprint density at radius 2 is 1.58 bits per heavy atom. The van der Waals surface area contributed by atoms with Crippen LogP contribution in [-0.2, 0) is 16.2 Å². The molecule has 0 spiro atoms. The molecule has 2 rings (SSSR count). The molecule has 0 unspecified atom stereocenters. The Kier molecular flexibility index (Phi) is 4.89. The quantitative estimate of drug-likeness (QED) is 0.798. The minimum Gasteiger partial charge on any atom is -0.277 e. The topological polar surface area (TPSA) is 46.2 Å². The van der Waals surface area contributed by atoms with Crippen LogP contribution in [0.15, 0.2) is 47.4 Å². The zero-order valence-electron chi connectivity index (χ0n) is 12.9. The van der Waals surface area contributed by atoms with Crippen LogP contribution >= 0.6 is 0 Å². The van der Waals surface area contributed by atoms with E-state index in [1.807, 2.05) is 18.6 Å². The van der Waals surface area contributed by atoms with Crippen molar-refractivity contribution in [2.24, 2.45) is 0 Å². The molecule has 0 aliphatic heterocycles. The van der Waals surface area contributed by atoms with Crippen LogP contribution in [0.25, 0.3) is 0 Å². The number of anilines is 1. The molecule has 8 heteroatoms. The van der Waals surface area contributed by atoms with Gasteiger partial charge in [-0.1, -0.05) is 26.0 Å². The molecule has 0 amide bonds. The van der Waals surface area contributed by atoms with Gasteiger partial charge in [0.1, 0.15) is 5.82 Å². The van der Waals surface area contributed by atoms with Crippen LogP contribution in [0.4, 0.5) is 23.2 Å². The number of hydrogen-bond acceptors (Lipinski definition) is 2. The van der Waals surface area contributed by atoms with Gasteiger partial charge < -0.3 is 0 Å². The molecule has 1 N–H and O–H groups in total. The molecule has 0 saturated carbocycles. The smallest absolute Gasteiger partial charge is 0.277 e. The maximum Gasteiger partial charge on any atom is 0.416 e. The maximum atomic E-state index is 13.7. The minimum atomic E-state index is -4.70. The van der Waals surface area contributed by atoms with E-state index >= 15 is 0 Å². The average Bonchev–Trinajstić information content (AvgIpc) is 2.48. The highest BCUT2D eigenvalue weighted by atomic mass is 32.2. The van der Waals surface area contributed by atoms with Crippen LogP contribution in [0.5, 0.6) is 0 Å². The second kappa shape index (κ2) is 6.43. The third kappa shape index (κ3) is 4.05. The van der Waals surface area contributed by atoms with Gasteiger partial charge in [-0.05, 0) is 41.8 Å². The number of benzene rings is 2. The van der Waals surface area contributed by atoms with E-state index in [9.17, 15) is 26.0 Å². The summed E-state index contributed by atoms with van der Waals surface area (Å²) < 4.78 is 78.0. The number of nitrogens with one attached hydrogen (secondary N) is 1. The van der Waals surface area contributed by atoms with Crippen molar-refractivity contribution in [3.8, 4) is 0 Å². The molecule has 130 valence electrons. The molecule has 0 radical (unpaired) electrons. The van der Waals surface area contributed by atoms with Gasteiger partial charge in [-0.2, -0.15) is 13.2 Å². The molecule has 0 aliphatic carbocycles. The standard InChI is InChI=1S/C16H15F4NO2S/c1-10(2)11-3-6-13(7-4-11)24(22,23)21-15-9-12(16(18,19)20)5-8-14(15)17/h3-10,21H,1-2H3. The number of halogens is 4. The van der Waals surface area contributed by atoms with Crippen molar-refractivity contribution >= 4 is 15.7 Å². The molecule has 0 saturated heterocycles. The SMILES string of the molecule is CC(C)c1ccc(S(=O)(=O)Nc2cc(C(F)(F)F)ccc2F)cc1. The number of alkyl halides is 3. The summed E-state index contributed by atoms with van der Waals surface area (Å²) in [5, 5.41) is 0. The van der Waals surface area contributed by atoms with E-state index in [1.54, 1.807) is 12.1 Å². The molecule has 0 fully saturated rings. The Morgan fingerprint density at radius 1 is 1.00 bits per heavy atom. The van der Waals surface area contributed by atoms with Crippen molar-refractivity contribution in [2.45, 2.75) is 30.8 Å². The maximum absolute atomic E-state index is 13.7.